The van der Waals surface area contributed by atoms with Gasteiger partial charge in [-0.2, -0.15) is 0 Å². The average molecular weight is 271 g/mol. The summed E-state index contributed by atoms with van der Waals surface area (Å²) in [6, 6.07) is 14.0. The highest BCUT2D eigenvalue weighted by Gasteiger charge is 2.10. The fraction of sp³-hybridized carbons (Fsp3) is 0. The van der Waals surface area contributed by atoms with Gasteiger partial charge in [0, 0.05) is 4.90 Å². The lowest BCUT2D eigenvalue weighted by Gasteiger charge is -2.06. The van der Waals surface area contributed by atoms with Crippen LogP contribution in [0.4, 0.5) is 10.2 Å². The van der Waals surface area contributed by atoms with E-state index in [1.807, 2.05) is 24.3 Å². The molecule has 0 spiro atoms. The second kappa shape index (κ2) is 4.85. The zero-order valence-corrected chi connectivity index (χ0v) is 10.7. The maximum Gasteiger partial charge on any atom is 0.157 e. The molecule has 0 aliphatic rings. The lowest BCUT2D eigenvalue weighted by atomic mass is 10.3. The number of fused-ring (bicyclic) bond motifs is 1. The molecule has 94 valence electrons. The topological polar surface area (TPSA) is 51.8 Å². The van der Waals surface area contributed by atoms with Crippen LogP contribution >= 0.6 is 11.8 Å². The molecule has 0 radical (unpaired) electrons. The Kier molecular flexibility index (Phi) is 3.05. The van der Waals surface area contributed by atoms with Crippen molar-refractivity contribution in [1.82, 2.24) is 9.97 Å². The molecule has 0 amide bonds. The van der Waals surface area contributed by atoms with Crippen molar-refractivity contribution >= 4 is 28.6 Å². The normalized spacial score (nSPS) is 10.8. The van der Waals surface area contributed by atoms with Crippen LogP contribution in [0.2, 0.25) is 0 Å². The van der Waals surface area contributed by atoms with E-state index in [1.54, 1.807) is 18.2 Å². The number of hydrogen-bond acceptors (Lipinski definition) is 4. The molecule has 0 aliphatic carbocycles. The van der Waals surface area contributed by atoms with Gasteiger partial charge in [0.25, 0.3) is 0 Å². The van der Waals surface area contributed by atoms with Gasteiger partial charge in [-0.3, -0.25) is 0 Å². The highest BCUT2D eigenvalue weighted by molar-refractivity contribution is 7.99. The summed E-state index contributed by atoms with van der Waals surface area (Å²) in [6.07, 6.45) is 0. The minimum absolute atomic E-state index is 0.290. The van der Waals surface area contributed by atoms with Gasteiger partial charge in [0.15, 0.2) is 5.82 Å². The van der Waals surface area contributed by atoms with Gasteiger partial charge in [-0.1, -0.05) is 36.0 Å². The summed E-state index contributed by atoms with van der Waals surface area (Å²) in [5, 5.41) is 0.517. The molecule has 2 aromatic carbocycles. The summed E-state index contributed by atoms with van der Waals surface area (Å²) in [6.45, 7) is 0. The van der Waals surface area contributed by atoms with E-state index in [1.165, 1.54) is 17.8 Å². The van der Waals surface area contributed by atoms with Crippen LogP contribution in [-0.2, 0) is 0 Å². The third-order valence-electron chi connectivity index (χ3n) is 2.61. The van der Waals surface area contributed by atoms with Crippen molar-refractivity contribution in [2.24, 2.45) is 0 Å². The molecule has 0 unspecified atom stereocenters. The molecule has 0 fully saturated rings. The number of para-hydroxylation sites is 2. The Morgan fingerprint density at radius 3 is 2.26 bits per heavy atom. The van der Waals surface area contributed by atoms with E-state index in [2.05, 4.69) is 9.97 Å². The number of rotatable bonds is 2. The number of nitrogen functional groups attached to an aromatic ring is 1. The molecule has 1 aromatic heterocycles. The summed E-state index contributed by atoms with van der Waals surface area (Å²) in [5.41, 5.74) is 7.35. The van der Waals surface area contributed by atoms with Crippen LogP contribution in [-0.4, -0.2) is 9.97 Å². The van der Waals surface area contributed by atoms with Crippen LogP contribution in [0.1, 0.15) is 0 Å². The molecule has 3 aromatic rings. The number of aromatic nitrogens is 2. The molecule has 3 rings (SSSR count). The number of nitrogens with zero attached hydrogens (tertiary/aromatic N) is 2. The Morgan fingerprint density at radius 1 is 0.895 bits per heavy atom. The lowest BCUT2D eigenvalue weighted by Crippen LogP contribution is -1.97. The first-order chi connectivity index (χ1) is 9.24. The van der Waals surface area contributed by atoms with E-state index in [9.17, 15) is 4.39 Å². The van der Waals surface area contributed by atoms with Crippen LogP contribution < -0.4 is 5.73 Å². The molecule has 0 saturated heterocycles. The predicted molar refractivity (Wildman–Crippen MR) is 74.5 cm³/mol. The van der Waals surface area contributed by atoms with E-state index in [4.69, 9.17) is 5.73 Å². The van der Waals surface area contributed by atoms with Crippen LogP contribution in [0.3, 0.4) is 0 Å². The smallest absolute Gasteiger partial charge is 0.157 e. The van der Waals surface area contributed by atoms with Crippen molar-refractivity contribution in [2.45, 2.75) is 9.92 Å². The standard InChI is InChI=1S/C14H10FN3S/c15-9-5-1-4-8-12(9)19-14-13(16)17-10-6-2-3-7-11(10)18-14/h1-8H,(H2,16,17). The summed E-state index contributed by atoms with van der Waals surface area (Å²) >= 11 is 1.18. The second-order valence-corrected chi connectivity index (χ2v) is 4.97. The molecule has 0 atom stereocenters. The zero-order valence-electron chi connectivity index (χ0n) is 9.88. The van der Waals surface area contributed by atoms with Crippen molar-refractivity contribution < 1.29 is 4.39 Å². The largest absolute Gasteiger partial charge is 0.381 e. The Hall–Kier alpha value is -2.14. The molecule has 1 heterocycles. The zero-order chi connectivity index (χ0) is 13.2. The van der Waals surface area contributed by atoms with E-state index in [0.29, 0.717) is 15.7 Å². The molecular formula is C14H10FN3S. The summed E-state index contributed by atoms with van der Waals surface area (Å²) in [5.74, 6) is 0.0220. The van der Waals surface area contributed by atoms with E-state index < -0.39 is 0 Å². The minimum Gasteiger partial charge on any atom is -0.381 e. The quantitative estimate of drug-likeness (QED) is 0.775. The Morgan fingerprint density at radius 2 is 1.53 bits per heavy atom. The predicted octanol–water partition coefficient (Wildman–Crippen LogP) is 3.50. The van der Waals surface area contributed by atoms with Crippen molar-refractivity contribution in [3.05, 3.63) is 54.3 Å². The SMILES string of the molecule is Nc1nc2ccccc2nc1Sc1ccccc1F. The number of hydrogen-bond donors (Lipinski definition) is 1. The molecule has 0 saturated carbocycles. The molecule has 0 aliphatic heterocycles. The van der Waals surface area contributed by atoms with Gasteiger partial charge in [0.05, 0.1) is 11.0 Å². The van der Waals surface area contributed by atoms with Crippen molar-refractivity contribution in [3.8, 4) is 0 Å². The van der Waals surface area contributed by atoms with Crippen LogP contribution in [0, 0.1) is 5.82 Å². The molecular weight excluding hydrogens is 261 g/mol. The first-order valence-electron chi connectivity index (χ1n) is 5.69. The van der Waals surface area contributed by atoms with E-state index in [-0.39, 0.29) is 5.82 Å². The molecule has 0 bridgehead atoms. The third kappa shape index (κ3) is 2.37. The number of nitrogens with two attached hydrogens (primary N) is 1. The molecule has 2 N–H and O–H groups in total. The fourth-order valence-electron chi connectivity index (χ4n) is 1.70. The Balaban J connectivity index is 2.06. The molecule has 3 nitrogen and oxygen atoms in total. The third-order valence-corrected chi connectivity index (χ3v) is 3.65. The Labute approximate surface area is 113 Å². The van der Waals surface area contributed by atoms with Gasteiger partial charge in [-0.15, -0.1) is 0 Å². The van der Waals surface area contributed by atoms with Gasteiger partial charge in [-0.25, -0.2) is 14.4 Å². The van der Waals surface area contributed by atoms with Gasteiger partial charge in [0.1, 0.15) is 10.8 Å². The van der Waals surface area contributed by atoms with Crippen LogP contribution in [0.5, 0.6) is 0 Å². The number of halogens is 1. The first kappa shape index (κ1) is 11.9. The average Bonchev–Trinajstić information content (AvgIpc) is 2.42. The monoisotopic (exact) mass is 271 g/mol. The van der Waals surface area contributed by atoms with Gasteiger partial charge < -0.3 is 5.73 Å². The first-order valence-corrected chi connectivity index (χ1v) is 6.50. The van der Waals surface area contributed by atoms with Gasteiger partial charge in [-0.05, 0) is 24.3 Å². The van der Waals surface area contributed by atoms with E-state index >= 15 is 0 Å². The van der Waals surface area contributed by atoms with Crippen molar-refractivity contribution in [1.29, 1.82) is 0 Å². The van der Waals surface area contributed by atoms with Gasteiger partial charge >= 0.3 is 0 Å². The second-order valence-electron chi connectivity index (χ2n) is 3.94. The highest BCUT2D eigenvalue weighted by Crippen LogP contribution is 2.32. The van der Waals surface area contributed by atoms with Crippen LogP contribution in [0.25, 0.3) is 11.0 Å². The molecule has 5 heteroatoms. The minimum atomic E-state index is -0.290. The number of benzene rings is 2. The maximum absolute atomic E-state index is 13.6. The van der Waals surface area contributed by atoms with Crippen molar-refractivity contribution in [3.63, 3.8) is 0 Å². The Bertz CT molecular complexity index is 746. The van der Waals surface area contributed by atoms with Crippen molar-refractivity contribution in [2.75, 3.05) is 5.73 Å². The van der Waals surface area contributed by atoms with Gasteiger partial charge in [0.2, 0.25) is 0 Å². The summed E-state index contributed by atoms with van der Waals surface area (Å²) < 4.78 is 13.6. The fourth-order valence-corrected chi connectivity index (χ4v) is 2.52. The molecule has 19 heavy (non-hydrogen) atoms. The van der Waals surface area contributed by atoms with E-state index in [0.717, 1.165) is 11.0 Å². The highest BCUT2D eigenvalue weighted by atomic mass is 32.2. The van der Waals surface area contributed by atoms with Crippen LogP contribution in [0.15, 0.2) is 58.5 Å². The lowest BCUT2D eigenvalue weighted by molar-refractivity contribution is 0.602. The maximum atomic E-state index is 13.6. The number of anilines is 1. The summed E-state index contributed by atoms with van der Waals surface area (Å²) in [4.78, 5) is 9.18. The summed E-state index contributed by atoms with van der Waals surface area (Å²) in [7, 11) is 0.